The maximum absolute atomic E-state index is 12.4. The van der Waals surface area contributed by atoms with E-state index in [1.54, 1.807) is 11.0 Å². The number of hydrogen-bond acceptors (Lipinski definition) is 2. The molecule has 0 saturated heterocycles. The van der Waals surface area contributed by atoms with Gasteiger partial charge in [-0.05, 0) is 38.7 Å². The molecular formula is C14H23NO2. The second-order valence-electron chi connectivity index (χ2n) is 5.50. The highest BCUT2D eigenvalue weighted by Gasteiger charge is 2.43. The SMILES string of the molecule is CCN(CC)C(=O)[C@H]1C(=O)C=C(C)CC1(C)C. The molecule has 1 rings (SSSR count). The molecule has 1 aliphatic rings. The third-order valence-corrected chi connectivity index (χ3v) is 3.51. The lowest BCUT2D eigenvalue weighted by Crippen LogP contribution is -2.47. The number of rotatable bonds is 3. The Hall–Kier alpha value is -1.12. The van der Waals surface area contributed by atoms with Crippen molar-refractivity contribution in [2.24, 2.45) is 11.3 Å². The normalized spacial score (nSPS) is 23.2. The molecule has 0 radical (unpaired) electrons. The zero-order chi connectivity index (χ0) is 13.2. The minimum atomic E-state index is -0.508. The predicted molar refractivity (Wildman–Crippen MR) is 68.6 cm³/mol. The number of carbonyl (C=O) groups excluding carboxylic acids is 2. The Balaban J connectivity index is 3.03. The molecule has 0 N–H and O–H groups in total. The van der Waals surface area contributed by atoms with Gasteiger partial charge in [0.15, 0.2) is 5.78 Å². The van der Waals surface area contributed by atoms with Crippen LogP contribution < -0.4 is 0 Å². The second kappa shape index (κ2) is 5.03. The van der Waals surface area contributed by atoms with Crippen LogP contribution in [-0.4, -0.2) is 29.7 Å². The molecule has 96 valence electrons. The second-order valence-corrected chi connectivity index (χ2v) is 5.50. The average Bonchev–Trinajstić information content (AvgIpc) is 2.15. The lowest BCUT2D eigenvalue weighted by atomic mass is 9.68. The molecular weight excluding hydrogens is 214 g/mol. The molecule has 3 heteroatoms. The van der Waals surface area contributed by atoms with Gasteiger partial charge < -0.3 is 4.90 Å². The summed E-state index contributed by atoms with van der Waals surface area (Å²) in [6.07, 6.45) is 2.45. The van der Waals surface area contributed by atoms with Gasteiger partial charge in [-0.1, -0.05) is 19.4 Å². The third kappa shape index (κ3) is 2.76. The average molecular weight is 237 g/mol. The molecule has 1 amide bonds. The maximum atomic E-state index is 12.4. The summed E-state index contributed by atoms with van der Waals surface area (Å²) in [5.41, 5.74) is 0.805. The largest absolute Gasteiger partial charge is 0.343 e. The first-order valence-corrected chi connectivity index (χ1v) is 6.33. The van der Waals surface area contributed by atoms with Crippen LogP contribution in [0.4, 0.5) is 0 Å². The molecule has 1 atom stereocenters. The van der Waals surface area contributed by atoms with Crippen LogP contribution in [0.5, 0.6) is 0 Å². The van der Waals surface area contributed by atoms with Gasteiger partial charge in [-0.2, -0.15) is 0 Å². The van der Waals surface area contributed by atoms with E-state index in [2.05, 4.69) is 0 Å². The van der Waals surface area contributed by atoms with E-state index in [1.807, 2.05) is 34.6 Å². The minimum absolute atomic E-state index is 0.0197. The number of amides is 1. The fourth-order valence-electron chi connectivity index (χ4n) is 2.76. The first-order chi connectivity index (χ1) is 7.83. The molecule has 3 nitrogen and oxygen atoms in total. The van der Waals surface area contributed by atoms with Gasteiger partial charge in [0, 0.05) is 13.1 Å². The Labute approximate surface area is 104 Å². The van der Waals surface area contributed by atoms with Crippen LogP contribution in [0.2, 0.25) is 0 Å². The van der Waals surface area contributed by atoms with Crippen molar-refractivity contribution >= 4 is 11.7 Å². The molecule has 0 heterocycles. The zero-order valence-corrected chi connectivity index (χ0v) is 11.5. The lowest BCUT2D eigenvalue weighted by Gasteiger charge is -2.37. The van der Waals surface area contributed by atoms with Gasteiger partial charge >= 0.3 is 0 Å². The molecule has 0 aromatic carbocycles. The summed E-state index contributed by atoms with van der Waals surface area (Å²) >= 11 is 0. The van der Waals surface area contributed by atoms with Crippen molar-refractivity contribution in [1.29, 1.82) is 0 Å². The van der Waals surface area contributed by atoms with Gasteiger partial charge in [0.2, 0.25) is 5.91 Å². The number of carbonyl (C=O) groups is 2. The van der Waals surface area contributed by atoms with Crippen molar-refractivity contribution in [1.82, 2.24) is 4.90 Å². The monoisotopic (exact) mass is 237 g/mol. The molecule has 0 unspecified atom stereocenters. The van der Waals surface area contributed by atoms with Gasteiger partial charge in [-0.15, -0.1) is 0 Å². The highest BCUT2D eigenvalue weighted by molar-refractivity contribution is 6.08. The molecule has 0 fully saturated rings. The van der Waals surface area contributed by atoms with Gasteiger partial charge in [-0.3, -0.25) is 9.59 Å². The van der Waals surface area contributed by atoms with Gasteiger partial charge in [0.25, 0.3) is 0 Å². The van der Waals surface area contributed by atoms with Gasteiger partial charge in [0.05, 0.1) is 0 Å². The summed E-state index contributed by atoms with van der Waals surface area (Å²) in [5.74, 6) is -0.560. The van der Waals surface area contributed by atoms with Crippen LogP contribution in [-0.2, 0) is 9.59 Å². The lowest BCUT2D eigenvalue weighted by molar-refractivity contribution is -0.144. The number of nitrogens with zero attached hydrogens (tertiary/aromatic N) is 1. The zero-order valence-electron chi connectivity index (χ0n) is 11.5. The molecule has 0 aromatic heterocycles. The van der Waals surface area contributed by atoms with E-state index in [0.717, 1.165) is 12.0 Å². The van der Waals surface area contributed by atoms with Crippen molar-refractivity contribution in [2.75, 3.05) is 13.1 Å². The Morgan fingerprint density at radius 1 is 1.41 bits per heavy atom. The summed E-state index contributed by atoms with van der Waals surface area (Å²) in [6.45, 7) is 11.2. The summed E-state index contributed by atoms with van der Waals surface area (Å²) in [6, 6.07) is 0. The first kappa shape index (κ1) is 13.9. The fraction of sp³-hybridized carbons (Fsp3) is 0.714. The van der Waals surface area contributed by atoms with Crippen LogP contribution in [0.1, 0.15) is 41.0 Å². The van der Waals surface area contributed by atoms with E-state index in [4.69, 9.17) is 0 Å². The Morgan fingerprint density at radius 3 is 2.35 bits per heavy atom. The Morgan fingerprint density at radius 2 is 1.94 bits per heavy atom. The van der Waals surface area contributed by atoms with E-state index < -0.39 is 5.92 Å². The first-order valence-electron chi connectivity index (χ1n) is 6.33. The molecule has 0 saturated carbocycles. The minimum Gasteiger partial charge on any atom is -0.343 e. The Kier molecular flexibility index (Phi) is 4.12. The van der Waals surface area contributed by atoms with Crippen LogP contribution in [0.25, 0.3) is 0 Å². The van der Waals surface area contributed by atoms with E-state index in [-0.39, 0.29) is 17.1 Å². The summed E-state index contributed by atoms with van der Waals surface area (Å²) in [5, 5.41) is 0. The van der Waals surface area contributed by atoms with Crippen molar-refractivity contribution in [2.45, 2.75) is 41.0 Å². The Bertz CT molecular complexity index is 351. The van der Waals surface area contributed by atoms with Crippen LogP contribution in [0, 0.1) is 11.3 Å². The summed E-state index contributed by atoms with van der Waals surface area (Å²) < 4.78 is 0. The van der Waals surface area contributed by atoms with E-state index in [0.29, 0.717) is 13.1 Å². The van der Waals surface area contributed by atoms with Crippen LogP contribution in [0.15, 0.2) is 11.6 Å². The molecule has 0 bridgehead atoms. The summed E-state index contributed by atoms with van der Waals surface area (Å²) in [7, 11) is 0. The number of allylic oxidation sites excluding steroid dienone is 2. The highest BCUT2D eigenvalue weighted by Crippen LogP contribution is 2.39. The standard InChI is InChI=1S/C14H23NO2/c1-6-15(7-2)13(17)12-11(16)8-10(3)9-14(12,4)5/h8,12H,6-7,9H2,1-5H3/t12-/m1/s1. The van der Waals surface area contributed by atoms with Crippen LogP contribution >= 0.6 is 0 Å². The smallest absolute Gasteiger partial charge is 0.234 e. The topological polar surface area (TPSA) is 37.4 Å². The van der Waals surface area contributed by atoms with Gasteiger partial charge in [0.1, 0.15) is 5.92 Å². The highest BCUT2D eigenvalue weighted by atomic mass is 16.2. The fourth-order valence-corrected chi connectivity index (χ4v) is 2.76. The van der Waals surface area contributed by atoms with Crippen molar-refractivity contribution < 1.29 is 9.59 Å². The summed E-state index contributed by atoms with van der Waals surface area (Å²) in [4.78, 5) is 26.2. The quantitative estimate of drug-likeness (QED) is 0.707. The van der Waals surface area contributed by atoms with E-state index >= 15 is 0 Å². The van der Waals surface area contributed by atoms with E-state index in [9.17, 15) is 9.59 Å². The van der Waals surface area contributed by atoms with Crippen molar-refractivity contribution in [3.8, 4) is 0 Å². The number of hydrogen-bond donors (Lipinski definition) is 0. The third-order valence-electron chi connectivity index (χ3n) is 3.51. The molecule has 1 aliphatic carbocycles. The molecule has 17 heavy (non-hydrogen) atoms. The molecule has 0 aliphatic heterocycles. The van der Waals surface area contributed by atoms with Crippen LogP contribution in [0.3, 0.4) is 0 Å². The van der Waals surface area contributed by atoms with Crippen molar-refractivity contribution in [3.63, 3.8) is 0 Å². The van der Waals surface area contributed by atoms with E-state index in [1.165, 1.54) is 0 Å². The molecule has 0 spiro atoms. The van der Waals surface area contributed by atoms with Crippen molar-refractivity contribution in [3.05, 3.63) is 11.6 Å². The molecule has 0 aromatic rings. The van der Waals surface area contributed by atoms with Gasteiger partial charge in [-0.25, -0.2) is 0 Å². The predicted octanol–water partition coefficient (Wildman–Crippen LogP) is 2.42. The number of ketones is 1. The maximum Gasteiger partial charge on any atom is 0.234 e.